The number of rotatable bonds is 3. The molecule has 0 amide bonds. The number of hydrogen-bond donors (Lipinski definition) is 1. The van der Waals surface area contributed by atoms with Crippen molar-refractivity contribution in [3.63, 3.8) is 0 Å². The lowest BCUT2D eigenvalue weighted by Crippen LogP contribution is -2.30. The molecule has 0 fully saturated rings. The van der Waals surface area contributed by atoms with Crippen LogP contribution in [-0.2, 0) is 13.0 Å². The fourth-order valence-corrected chi connectivity index (χ4v) is 2.79. The number of methoxy groups -OCH3 is 2. The summed E-state index contributed by atoms with van der Waals surface area (Å²) >= 11 is 0. The van der Waals surface area contributed by atoms with Crippen LogP contribution in [0.5, 0.6) is 17.2 Å². The zero-order chi connectivity index (χ0) is 14.8. The first kappa shape index (κ1) is 13.6. The highest BCUT2D eigenvalue weighted by Gasteiger charge is 2.19. The molecule has 4 nitrogen and oxygen atoms in total. The summed E-state index contributed by atoms with van der Waals surface area (Å²) in [5.74, 6) is 1.83. The summed E-state index contributed by atoms with van der Waals surface area (Å²) < 4.78 is 10.7. The Morgan fingerprint density at radius 1 is 1.00 bits per heavy atom. The molecule has 1 aliphatic heterocycles. The maximum absolute atomic E-state index is 9.63. The molecule has 110 valence electrons. The molecule has 0 spiro atoms. The molecule has 0 saturated carbocycles. The lowest BCUT2D eigenvalue weighted by atomic mass is 9.98. The van der Waals surface area contributed by atoms with Crippen molar-refractivity contribution >= 4 is 5.69 Å². The lowest BCUT2D eigenvalue weighted by Gasteiger charge is -2.31. The first-order valence-corrected chi connectivity index (χ1v) is 6.99. The van der Waals surface area contributed by atoms with Crippen LogP contribution < -0.4 is 14.4 Å². The molecule has 0 saturated heterocycles. The van der Waals surface area contributed by atoms with Gasteiger partial charge in [0.15, 0.2) is 11.5 Å². The Morgan fingerprint density at radius 2 is 1.71 bits per heavy atom. The zero-order valence-corrected chi connectivity index (χ0v) is 12.3. The first-order chi connectivity index (χ1) is 10.2. The van der Waals surface area contributed by atoms with Gasteiger partial charge in [-0.2, -0.15) is 0 Å². The molecule has 0 aliphatic carbocycles. The number of benzene rings is 2. The van der Waals surface area contributed by atoms with Gasteiger partial charge in [0.2, 0.25) is 0 Å². The van der Waals surface area contributed by atoms with Crippen molar-refractivity contribution in [3.8, 4) is 17.2 Å². The van der Waals surface area contributed by atoms with Crippen LogP contribution >= 0.6 is 0 Å². The average Bonchev–Trinajstić information content (AvgIpc) is 2.53. The second-order valence-electron chi connectivity index (χ2n) is 5.17. The predicted octanol–water partition coefficient (Wildman–Crippen LogP) is 2.97. The smallest absolute Gasteiger partial charge is 0.161 e. The Hall–Kier alpha value is -2.36. The van der Waals surface area contributed by atoms with Crippen molar-refractivity contribution in [3.05, 3.63) is 47.5 Å². The number of phenols is 1. The highest BCUT2D eigenvalue weighted by molar-refractivity contribution is 5.55. The van der Waals surface area contributed by atoms with Gasteiger partial charge >= 0.3 is 0 Å². The molecule has 1 heterocycles. The second kappa shape index (κ2) is 5.56. The third-order valence-electron chi connectivity index (χ3n) is 3.91. The number of fused-ring (bicyclic) bond motifs is 1. The fraction of sp³-hybridized carbons (Fsp3) is 0.294. The van der Waals surface area contributed by atoms with Crippen molar-refractivity contribution in [2.24, 2.45) is 0 Å². The molecule has 1 N–H and O–H groups in total. The van der Waals surface area contributed by atoms with Gasteiger partial charge in [0.25, 0.3) is 0 Å². The van der Waals surface area contributed by atoms with Gasteiger partial charge < -0.3 is 19.5 Å². The summed E-state index contributed by atoms with van der Waals surface area (Å²) in [4.78, 5) is 2.26. The van der Waals surface area contributed by atoms with Crippen molar-refractivity contribution in [2.45, 2.75) is 13.0 Å². The normalized spacial score (nSPS) is 13.7. The highest BCUT2D eigenvalue weighted by Crippen LogP contribution is 2.34. The highest BCUT2D eigenvalue weighted by atomic mass is 16.5. The molecule has 2 aromatic carbocycles. The first-order valence-electron chi connectivity index (χ1n) is 6.99. The second-order valence-corrected chi connectivity index (χ2v) is 5.17. The number of nitrogens with zero attached hydrogens (tertiary/aromatic N) is 1. The summed E-state index contributed by atoms with van der Waals surface area (Å²) in [6.07, 6.45) is 0.950. The Morgan fingerprint density at radius 3 is 2.38 bits per heavy atom. The minimum absolute atomic E-state index is 0.297. The minimum Gasteiger partial charge on any atom is -0.508 e. The quantitative estimate of drug-likeness (QED) is 0.941. The third-order valence-corrected chi connectivity index (χ3v) is 3.91. The standard InChI is InChI=1S/C17H19NO3/c1-20-16-8-12-6-7-18(11-13(12)9-17(16)21-2)14-4-3-5-15(19)10-14/h3-5,8-10,19H,6-7,11H2,1-2H3. The number of phenolic OH excluding ortho intramolecular Hbond substituents is 1. The maximum atomic E-state index is 9.63. The molecular formula is C17H19NO3. The van der Waals surface area contributed by atoms with Gasteiger partial charge in [0, 0.05) is 24.8 Å². The molecule has 3 rings (SSSR count). The van der Waals surface area contributed by atoms with E-state index in [2.05, 4.69) is 11.0 Å². The van der Waals surface area contributed by atoms with E-state index in [0.717, 1.165) is 36.7 Å². The van der Waals surface area contributed by atoms with Crippen LogP contribution in [0.1, 0.15) is 11.1 Å². The van der Waals surface area contributed by atoms with E-state index >= 15 is 0 Å². The van der Waals surface area contributed by atoms with Crippen LogP contribution in [0.25, 0.3) is 0 Å². The Balaban J connectivity index is 1.91. The predicted molar refractivity (Wildman–Crippen MR) is 82.4 cm³/mol. The molecule has 0 unspecified atom stereocenters. The SMILES string of the molecule is COc1cc2c(cc1OC)CN(c1cccc(O)c1)CC2. The summed E-state index contributed by atoms with van der Waals surface area (Å²) in [5, 5.41) is 9.63. The van der Waals surface area contributed by atoms with E-state index in [0.29, 0.717) is 5.75 Å². The van der Waals surface area contributed by atoms with Crippen LogP contribution in [0.15, 0.2) is 36.4 Å². The van der Waals surface area contributed by atoms with Crippen molar-refractivity contribution < 1.29 is 14.6 Å². The molecule has 4 heteroatoms. The van der Waals surface area contributed by atoms with Gasteiger partial charge in [-0.15, -0.1) is 0 Å². The Bertz CT molecular complexity index is 654. The fourth-order valence-electron chi connectivity index (χ4n) is 2.79. The lowest BCUT2D eigenvalue weighted by molar-refractivity contribution is 0.353. The molecule has 2 aromatic rings. The third kappa shape index (κ3) is 2.61. The van der Waals surface area contributed by atoms with Gasteiger partial charge in [0.1, 0.15) is 5.75 Å². The summed E-state index contributed by atoms with van der Waals surface area (Å²) in [6.45, 7) is 1.73. The zero-order valence-electron chi connectivity index (χ0n) is 12.3. The van der Waals surface area contributed by atoms with Crippen LogP contribution in [-0.4, -0.2) is 25.9 Å². The van der Waals surface area contributed by atoms with E-state index in [9.17, 15) is 5.11 Å². The van der Waals surface area contributed by atoms with Gasteiger partial charge in [0.05, 0.1) is 14.2 Å². The van der Waals surface area contributed by atoms with E-state index in [1.807, 2.05) is 18.2 Å². The summed E-state index contributed by atoms with van der Waals surface area (Å²) in [5.41, 5.74) is 3.57. The molecule has 0 radical (unpaired) electrons. The molecule has 0 atom stereocenters. The monoisotopic (exact) mass is 285 g/mol. The van der Waals surface area contributed by atoms with E-state index in [1.54, 1.807) is 26.4 Å². The molecule has 21 heavy (non-hydrogen) atoms. The Kier molecular flexibility index (Phi) is 3.60. The van der Waals surface area contributed by atoms with Crippen LogP contribution in [0.4, 0.5) is 5.69 Å². The Labute approximate surface area is 124 Å². The average molecular weight is 285 g/mol. The van der Waals surface area contributed by atoms with Crippen molar-refractivity contribution in [2.75, 3.05) is 25.7 Å². The van der Waals surface area contributed by atoms with Crippen molar-refractivity contribution in [1.29, 1.82) is 0 Å². The van der Waals surface area contributed by atoms with Gasteiger partial charge in [-0.3, -0.25) is 0 Å². The number of aromatic hydroxyl groups is 1. The molecule has 1 aliphatic rings. The number of anilines is 1. The van der Waals surface area contributed by atoms with Crippen LogP contribution in [0.2, 0.25) is 0 Å². The topological polar surface area (TPSA) is 41.9 Å². The maximum Gasteiger partial charge on any atom is 0.161 e. The van der Waals surface area contributed by atoms with E-state index in [4.69, 9.17) is 9.47 Å². The summed E-state index contributed by atoms with van der Waals surface area (Å²) in [7, 11) is 3.31. The number of hydrogen-bond acceptors (Lipinski definition) is 4. The van der Waals surface area contributed by atoms with E-state index < -0.39 is 0 Å². The molecular weight excluding hydrogens is 266 g/mol. The van der Waals surface area contributed by atoms with Gasteiger partial charge in [-0.25, -0.2) is 0 Å². The number of ether oxygens (including phenoxy) is 2. The molecule has 0 aromatic heterocycles. The summed E-state index contributed by atoms with van der Waals surface area (Å²) in [6, 6.07) is 11.5. The van der Waals surface area contributed by atoms with Gasteiger partial charge in [-0.1, -0.05) is 6.07 Å². The van der Waals surface area contributed by atoms with E-state index in [-0.39, 0.29) is 0 Å². The van der Waals surface area contributed by atoms with Crippen LogP contribution in [0, 0.1) is 0 Å². The molecule has 0 bridgehead atoms. The van der Waals surface area contributed by atoms with E-state index in [1.165, 1.54) is 11.1 Å². The van der Waals surface area contributed by atoms with Crippen LogP contribution in [0.3, 0.4) is 0 Å². The van der Waals surface area contributed by atoms with Crippen molar-refractivity contribution in [1.82, 2.24) is 0 Å². The van der Waals surface area contributed by atoms with Gasteiger partial charge in [-0.05, 0) is 41.8 Å². The largest absolute Gasteiger partial charge is 0.508 e. The minimum atomic E-state index is 0.297.